The molecule has 0 spiro atoms. The van der Waals surface area contributed by atoms with Gasteiger partial charge >= 0.3 is 0 Å². The van der Waals surface area contributed by atoms with Crippen LogP contribution in [0.15, 0.2) is 48.5 Å². The van der Waals surface area contributed by atoms with E-state index in [2.05, 4.69) is 40.7 Å². The van der Waals surface area contributed by atoms with Crippen LogP contribution in [0.2, 0.25) is 0 Å². The summed E-state index contributed by atoms with van der Waals surface area (Å²) < 4.78 is 16.8. The molecule has 2 aromatic carbocycles. The molecular formula is C25H28N4O3. The fourth-order valence-electron chi connectivity index (χ4n) is 3.39. The van der Waals surface area contributed by atoms with E-state index in [1.54, 1.807) is 26.4 Å². The van der Waals surface area contributed by atoms with Crippen LogP contribution in [0.25, 0.3) is 0 Å². The van der Waals surface area contributed by atoms with Gasteiger partial charge in [-0.15, -0.1) is 0 Å². The number of aryl methyl sites for hydroxylation is 3. The van der Waals surface area contributed by atoms with Crippen molar-refractivity contribution in [3.8, 4) is 17.6 Å². The minimum Gasteiger partial charge on any atom is -0.457 e. The normalized spacial score (nSPS) is 10.7. The zero-order chi connectivity index (χ0) is 23.1. The molecule has 1 heterocycles. The van der Waals surface area contributed by atoms with Crippen LogP contribution in [0.4, 0.5) is 17.3 Å². The molecule has 166 valence electrons. The molecule has 0 saturated carbocycles. The molecular weight excluding hydrogens is 404 g/mol. The number of anilines is 3. The van der Waals surface area contributed by atoms with E-state index in [4.69, 9.17) is 19.5 Å². The van der Waals surface area contributed by atoms with Gasteiger partial charge in [0, 0.05) is 32.0 Å². The molecule has 3 rings (SSSR count). The summed E-state index contributed by atoms with van der Waals surface area (Å²) in [5.41, 5.74) is 4.73. The zero-order valence-electron chi connectivity index (χ0n) is 19.0. The lowest BCUT2D eigenvalue weighted by Crippen LogP contribution is -2.24. The maximum Gasteiger partial charge on any atom is 0.173 e. The fraction of sp³-hybridized carbons (Fsp3) is 0.280. The number of nitrogens with zero attached hydrogens (tertiary/aromatic N) is 2. The van der Waals surface area contributed by atoms with Crippen LogP contribution in [0.3, 0.4) is 0 Å². The third-order valence-electron chi connectivity index (χ3n) is 4.89. The standard InChI is InChI=1S/C25H28N4O3/c1-16-10-17(2)25(18(3)11-16)32-21-12-22(27-15-24(30-4)31-5)29-23(13-21)28-20-8-6-19(14-26)7-9-20/h6-13,24H,15H2,1-5H3,(H2,27,28,29). The van der Waals surface area contributed by atoms with Crippen molar-refractivity contribution in [3.63, 3.8) is 0 Å². The van der Waals surface area contributed by atoms with E-state index in [9.17, 15) is 0 Å². The molecule has 7 heteroatoms. The molecule has 32 heavy (non-hydrogen) atoms. The highest BCUT2D eigenvalue weighted by molar-refractivity contribution is 5.62. The lowest BCUT2D eigenvalue weighted by atomic mass is 10.1. The van der Waals surface area contributed by atoms with Crippen molar-refractivity contribution in [2.75, 3.05) is 31.4 Å². The molecule has 0 saturated heterocycles. The van der Waals surface area contributed by atoms with Crippen molar-refractivity contribution in [3.05, 3.63) is 70.8 Å². The van der Waals surface area contributed by atoms with Gasteiger partial charge in [-0.05, 0) is 56.2 Å². The van der Waals surface area contributed by atoms with Gasteiger partial charge in [-0.1, -0.05) is 17.7 Å². The van der Waals surface area contributed by atoms with Crippen molar-refractivity contribution in [1.82, 2.24) is 4.98 Å². The van der Waals surface area contributed by atoms with E-state index in [1.807, 2.05) is 38.1 Å². The van der Waals surface area contributed by atoms with Gasteiger partial charge in [0.1, 0.15) is 23.1 Å². The summed E-state index contributed by atoms with van der Waals surface area (Å²) >= 11 is 0. The Morgan fingerprint density at radius 1 is 0.938 bits per heavy atom. The number of nitriles is 1. The van der Waals surface area contributed by atoms with Crippen LogP contribution < -0.4 is 15.4 Å². The summed E-state index contributed by atoms with van der Waals surface area (Å²) in [5, 5.41) is 15.5. The van der Waals surface area contributed by atoms with Crippen LogP contribution in [-0.4, -0.2) is 32.0 Å². The number of hydrogen-bond donors (Lipinski definition) is 2. The molecule has 0 atom stereocenters. The second-order valence-electron chi connectivity index (χ2n) is 7.50. The van der Waals surface area contributed by atoms with Crippen LogP contribution >= 0.6 is 0 Å². The van der Waals surface area contributed by atoms with Gasteiger partial charge in [-0.2, -0.15) is 5.26 Å². The number of aromatic nitrogens is 1. The molecule has 0 aliphatic heterocycles. The third kappa shape index (κ3) is 5.97. The second-order valence-corrected chi connectivity index (χ2v) is 7.50. The molecule has 0 radical (unpaired) electrons. The number of nitrogens with one attached hydrogen (secondary N) is 2. The first-order chi connectivity index (χ1) is 15.4. The lowest BCUT2D eigenvalue weighted by Gasteiger charge is -2.17. The summed E-state index contributed by atoms with van der Waals surface area (Å²) in [7, 11) is 3.17. The van der Waals surface area contributed by atoms with Gasteiger partial charge in [0.05, 0.1) is 18.2 Å². The fourth-order valence-corrected chi connectivity index (χ4v) is 3.39. The average molecular weight is 433 g/mol. The lowest BCUT2D eigenvalue weighted by molar-refractivity contribution is -0.0914. The number of benzene rings is 2. The third-order valence-corrected chi connectivity index (χ3v) is 4.89. The summed E-state index contributed by atoms with van der Waals surface area (Å²) in [6, 6.07) is 17.2. The van der Waals surface area contributed by atoms with Crippen LogP contribution in [-0.2, 0) is 9.47 Å². The summed E-state index contributed by atoms with van der Waals surface area (Å²) in [6.07, 6.45) is -0.405. The van der Waals surface area contributed by atoms with Crippen molar-refractivity contribution in [2.24, 2.45) is 0 Å². The number of rotatable bonds is 9. The maximum atomic E-state index is 9.01. The minimum absolute atomic E-state index is 0.405. The first-order valence-corrected chi connectivity index (χ1v) is 10.3. The molecule has 0 aliphatic carbocycles. The highest BCUT2D eigenvalue weighted by Gasteiger charge is 2.12. The molecule has 0 amide bonds. The van der Waals surface area contributed by atoms with Crippen LogP contribution in [0.1, 0.15) is 22.3 Å². The Kier molecular flexibility index (Phi) is 7.66. The quantitative estimate of drug-likeness (QED) is 0.435. The SMILES string of the molecule is COC(CNc1cc(Oc2c(C)cc(C)cc2C)cc(Nc2ccc(C#N)cc2)n1)OC. The highest BCUT2D eigenvalue weighted by atomic mass is 16.7. The monoisotopic (exact) mass is 432 g/mol. The summed E-state index contributed by atoms with van der Waals surface area (Å²) in [6.45, 7) is 6.56. The van der Waals surface area contributed by atoms with Crippen molar-refractivity contribution in [2.45, 2.75) is 27.1 Å². The molecule has 0 fully saturated rings. The Hall–Kier alpha value is -3.60. The number of methoxy groups -OCH3 is 2. The maximum absolute atomic E-state index is 9.01. The Morgan fingerprint density at radius 2 is 1.56 bits per heavy atom. The van der Waals surface area contributed by atoms with Gasteiger partial charge in [0.2, 0.25) is 0 Å². The first-order valence-electron chi connectivity index (χ1n) is 10.3. The Labute approximate surface area is 189 Å². The molecule has 1 aromatic heterocycles. The van der Waals surface area contributed by atoms with E-state index in [1.165, 1.54) is 5.56 Å². The van der Waals surface area contributed by atoms with E-state index in [-0.39, 0.29) is 0 Å². The Bertz CT molecular complexity index is 1080. The number of ether oxygens (including phenoxy) is 3. The summed E-state index contributed by atoms with van der Waals surface area (Å²) in [4.78, 5) is 4.63. The van der Waals surface area contributed by atoms with Crippen molar-refractivity contribution in [1.29, 1.82) is 5.26 Å². The van der Waals surface area contributed by atoms with E-state index >= 15 is 0 Å². The molecule has 0 aliphatic rings. The zero-order valence-corrected chi connectivity index (χ0v) is 19.0. The molecule has 0 bridgehead atoms. The highest BCUT2D eigenvalue weighted by Crippen LogP contribution is 2.32. The minimum atomic E-state index is -0.405. The van der Waals surface area contributed by atoms with E-state index in [0.717, 1.165) is 22.6 Å². The second kappa shape index (κ2) is 10.6. The van der Waals surface area contributed by atoms with Gasteiger partial charge in [-0.3, -0.25) is 0 Å². The van der Waals surface area contributed by atoms with Gasteiger partial charge in [0.25, 0.3) is 0 Å². The van der Waals surface area contributed by atoms with Crippen LogP contribution in [0, 0.1) is 32.1 Å². The average Bonchev–Trinajstić information content (AvgIpc) is 2.77. The molecule has 7 nitrogen and oxygen atoms in total. The van der Waals surface area contributed by atoms with E-state index < -0.39 is 6.29 Å². The van der Waals surface area contributed by atoms with Gasteiger partial charge < -0.3 is 24.8 Å². The first kappa shape index (κ1) is 23.1. The van der Waals surface area contributed by atoms with Crippen molar-refractivity contribution >= 4 is 17.3 Å². The number of pyridine rings is 1. The molecule has 3 aromatic rings. The van der Waals surface area contributed by atoms with Crippen LogP contribution in [0.5, 0.6) is 11.5 Å². The largest absolute Gasteiger partial charge is 0.457 e. The van der Waals surface area contributed by atoms with Gasteiger partial charge in [-0.25, -0.2) is 4.98 Å². The molecule has 0 unspecified atom stereocenters. The smallest absolute Gasteiger partial charge is 0.173 e. The van der Waals surface area contributed by atoms with Crippen molar-refractivity contribution < 1.29 is 14.2 Å². The Morgan fingerprint density at radius 3 is 2.16 bits per heavy atom. The Balaban J connectivity index is 1.91. The number of hydrogen-bond acceptors (Lipinski definition) is 7. The topological polar surface area (TPSA) is 88.4 Å². The predicted molar refractivity (Wildman–Crippen MR) is 126 cm³/mol. The summed E-state index contributed by atoms with van der Waals surface area (Å²) in [5.74, 6) is 2.67. The predicted octanol–water partition coefficient (Wildman–Crippen LogP) is 5.45. The molecule has 2 N–H and O–H groups in total. The van der Waals surface area contributed by atoms with Gasteiger partial charge in [0.15, 0.2) is 6.29 Å². The van der Waals surface area contributed by atoms with E-state index in [0.29, 0.717) is 29.5 Å².